The van der Waals surface area contributed by atoms with Crippen LogP contribution >= 0.6 is 11.6 Å². The number of benzene rings is 1. The van der Waals surface area contributed by atoms with Gasteiger partial charge in [0, 0.05) is 30.3 Å². The first-order valence-corrected chi connectivity index (χ1v) is 19.6. The summed E-state index contributed by atoms with van der Waals surface area (Å²) in [5, 5.41) is 8.98. The van der Waals surface area contributed by atoms with E-state index in [1.807, 2.05) is 4.90 Å². The highest BCUT2D eigenvalue weighted by molar-refractivity contribution is 6.32. The van der Waals surface area contributed by atoms with Crippen molar-refractivity contribution in [3.63, 3.8) is 0 Å². The van der Waals surface area contributed by atoms with Gasteiger partial charge in [0.1, 0.15) is 33.8 Å². The number of aliphatic hydroxyl groups is 1. The van der Waals surface area contributed by atoms with Gasteiger partial charge in [0.2, 0.25) is 0 Å². The van der Waals surface area contributed by atoms with E-state index in [-0.39, 0.29) is 55.6 Å². The van der Waals surface area contributed by atoms with Crippen LogP contribution in [0.2, 0.25) is 5.02 Å². The first-order valence-electron chi connectivity index (χ1n) is 19.2. The van der Waals surface area contributed by atoms with E-state index in [9.17, 15) is 32.7 Å². The van der Waals surface area contributed by atoms with E-state index in [1.165, 1.54) is 41.5 Å². The molecule has 2 aromatic heterocycles. The predicted molar refractivity (Wildman–Crippen MR) is 209 cm³/mol. The molecule has 6 rings (SSSR count). The molecule has 0 radical (unpaired) electrons. The maximum absolute atomic E-state index is 17.2. The van der Waals surface area contributed by atoms with Crippen LogP contribution in [0.3, 0.4) is 0 Å². The first kappa shape index (κ1) is 43.9. The summed E-state index contributed by atoms with van der Waals surface area (Å²) in [6, 6.07) is 0.597. The van der Waals surface area contributed by atoms with Crippen molar-refractivity contribution in [2.75, 3.05) is 36.1 Å². The van der Waals surface area contributed by atoms with Crippen molar-refractivity contribution in [1.82, 2.24) is 19.9 Å². The number of pyridine rings is 1. The van der Waals surface area contributed by atoms with Crippen molar-refractivity contribution in [2.24, 2.45) is 5.41 Å². The Morgan fingerprint density at radius 3 is 1.95 bits per heavy atom. The third kappa shape index (κ3) is 9.69. The second-order valence-electron chi connectivity index (χ2n) is 18.3. The third-order valence-corrected chi connectivity index (χ3v) is 10.2. The molecule has 59 heavy (non-hydrogen) atoms. The molecule has 4 heterocycles. The van der Waals surface area contributed by atoms with Crippen molar-refractivity contribution in [1.29, 1.82) is 0 Å². The van der Waals surface area contributed by atoms with Crippen molar-refractivity contribution >= 4 is 52.3 Å². The van der Waals surface area contributed by atoms with E-state index in [2.05, 4.69) is 15.0 Å². The molecule has 3 amide bonds. The maximum Gasteiger partial charge on any atom is 0.424 e. The molecule has 2 bridgehead atoms. The Morgan fingerprint density at radius 1 is 0.898 bits per heavy atom. The lowest BCUT2D eigenvalue weighted by Gasteiger charge is -2.42. The monoisotopic (exact) mass is 852 g/mol. The number of fused-ring (bicyclic) bond motifs is 3. The number of anilines is 2. The van der Waals surface area contributed by atoms with Crippen LogP contribution in [0.5, 0.6) is 6.01 Å². The summed E-state index contributed by atoms with van der Waals surface area (Å²) in [6.07, 6.45) is -4.45. The van der Waals surface area contributed by atoms with Crippen LogP contribution in [-0.2, 0) is 20.4 Å². The number of aromatic nitrogens is 3. The summed E-state index contributed by atoms with van der Waals surface area (Å²) in [7, 11) is 0. The van der Waals surface area contributed by atoms with E-state index < -0.39 is 85.5 Å². The average molecular weight is 853 g/mol. The van der Waals surface area contributed by atoms with E-state index in [0.29, 0.717) is 30.6 Å². The zero-order valence-electron chi connectivity index (χ0n) is 34.4. The summed E-state index contributed by atoms with van der Waals surface area (Å²) < 4.78 is 84.2. The molecule has 2 unspecified atom stereocenters. The number of carbonyl (C=O) groups excluding carboxylic acids is 3. The summed E-state index contributed by atoms with van der Waals surface area (Å²) >= 11 is 6.31. The zero-order chi connectivity index (χ0) is 43.6. The smallest absolute Gasteiger partial charge is 0.424 e. The summed E-state index contributed by atoms with van der Waals surface area (Å²) in [4.78, 5) is 57.2. The molecule has 3 aliphatic rings. The maximum atomic E-state index is 17.2. The fourth-order valence-electron chi connectivity index (χ4n) is 7.04. The highest BCUT2D eigenvalue weighted by Crippen LogP contribution is 2.47. The van der Waals surface area contributed by atoms with Crippen LogP contribution in [0.1, 0.15) is 93.6 Å². The van der Waals surface area contributed by atoms with Crippen LogP contribution in [-0.4, -0.2) is 98.4 Å². The van der Waals surface area contributed by atoms with Gasteiger partial charge in [0.15, 0.2) is 5.82 Å². The molecule has 14 nitrogen and oxygen atoms in total. The lowest BCUT2D eigenvalue weighted by Crippen LogP contribution is -2.57. The van der Waals surface area contributed by atoms with Gasteiger partial charge in [0.05, 0.1) is 47.0 Å². The second-order valence-corrected chi connectivity index (χ2v) is 18.7. The lowest BCUT2D eigenvalue weighted by atomic mass is 10.0. The molecule has 1 saturated carbocycles. The van der Waals surface area contributed by atoms with Gasteiger partial charge in [-0.2, -0.15) is 28.0 Å². The number of halogens is 5. The minimum atomic E-state index is -5.18. The van der Waals surface area contributed by atoms with Crippen LogP contribution in [0, 0.1) is 11.2 Å². The van der Waals surface area contributed by atoms with Crippen molar-refractivity contribution in [2.45, 2.75) is 123 Å². The summed E-state index contributed by atoms with van der Waals surface area (Å²) in [5.74, 6) is -1.14. The number of imide groups is 1. The second kappa shape index (κ2) is 15.4. The van der Waals surface area contributed by atoms with Gasteiger partial charge in [-0.25, -0.2) is 18.8 Å². The largest absolute Gasteiger partial charge is 0.463 e. The number of piperazine rings is 1. The number of aliphatic hydroxyl groups excluding tert-OH is 1. The molecule has 1 N–H and O–H groups in total. The lowest BCUT2D eigenvalue weighted by molar-refractivity contribution is -0.137. The number of rotatable bonds is 7. The van der Waals surface area contributed by atoms with Crippen LogP contribution in [0.25, 0.3) is 22.2 Å². The Morgan fingerprint density at radius 2 is 1.46 bits per heavy atom. The molecule has 19 heteroatoms. The van der Waals surface area contributed by atoms with E-state index in [4.69, 9.17) is 30.5 Å². The van der Waals surface area contributed by atoms with Crippen molar-refractivity contribution in [3.8, 4) is 17.3 Å². The van der Waals surface area contributed by atoms with Gasteiger partial charge in [-0.1, -0.05) is 11.6 Å². The quantitative estimate of drug-likeness (QED) is 0.178. The van der Waals surface area contributed by atoms with Gasteiger partial charge < -0.3 is 29.0 Å². The SMILES string of the molecule is CC(C)(C)OC(=O)N(C(=O)OC(C)(C)C)c1cc(Cl)c(C(F)(F)F)c(-c2ncc3c(N4CC5CCC(C4)N5C(=O)OC(C)(C)C)nc(OCC4(CO)CC4)nc3c2F)c1. The molecular weight excluding hydrogens is 804 g/mol. The molecule has 3 aromatic rings. The standard InChI is InChI=1S/C40H49ClF4N6O8/c1-36(2,3)57-33(53)50-21-10-11-22(50)18-49(17-21)31-25-16-46-29(28(42)30(25)47-32(48-31)56-20-39(19-52)12-13-39)24-14-23(15-26(41)27(24)40(43,44)45)51(34(54)58-37(4,5)6)35(55)59-38(7,8)9/h14-16,21-22,52H,10-13,17-20H2,1-9H3. The number of hydrogen-bond donors (Lipinski definition) is 1. The van der Waals surface area contributed by atoms with Gasteiger partial charge in [-0.15, -0.1) is 0 Å². The van der Waals surface area contributed by atoms with Gasteiger partial charge in [0.25, 0.3) is 0 Å². The summed E-state index contributed by atoms with van der Waals surface area (Å²) in [5.41, 5.74) is -7.82. The van der Waals surface area contributed by atoms with Gasteiger partial charge in [-0.05, 0) is 100 Å². The zero-order valence-corrected chi connectivity index (χ0v) is 35.2. The molecule has 1 aliphatic carbocycles. The molecular formula is C40H49ClF4N6O8. The van der Waals surface area contributed by atoms with Crippen LogP contribution < -0.4 is 14.5 Å². The van der Waals surface area contributed by atoms with E-state index in [1.54, 1.807) is 25.7 Å². The molecule has 1 aromatic carbocycles. The minimum Gasteiger partial charge on any atom is -0.463 e. The third-order valence-electron chi connectivity index (χ3n) is 9.85. The molecule has 2 saturated heterocycles. The normalized spacial score (nSPS) is 19.1. The number of amides is 3. The Kier molecular flexibility index (Phi) is 11.4. The number of nitrogens with zero attached hydrogens (tertiary/aromatic N) is 6. The highest BCUT2D eigenvalue weighted by atomic mass is 35.5. The molecule has 2 atom stereocenters. The molecule has 322 valence electrons. The van der Waals surface area contributed by atoms with Gasteiger partial charge >= 0.3 is 30.5 Å². The molecule has 0 spiro atoms. The van der Waals surface area contributed by atoms with Gasteiger partial charge in [-0.3, -0.25) is 9.88 Å². The predicted octanol–water partition coefficient (Wildman–Crippen LogP) is 8.92. The number of alkyl halides is 3. The van der Waals surface area contributed by atoms with Crippen molar-refractivity contribution in [3.05, 3.63) is 34.7 Å². The number of ether oxygens (including phenoxy) is 4. The van der Waals surface area contributed by atoms with Crippen LogP contribution in [0.15, 0.2) is 18.3 Å². The average Bonchev–Trinajstić information content (AvgIpc) is 3.81. The Hall–Kier alpha value is -4.71. The topological polar surface area (TPSA) is 157 Å². The fraction of sp³-hybridized carbons (Fsp3) is 0.600. The number of carbonyl (C=O) groups is 3. The van der Waals surface area contributed by atoms with Crippen LogP contribution in [0.4, 0.5) is 43.5 Å². The fourth-order valence-corrected chi connectivity index (χ4v) is 7.36. The molecule has 3 fully saturated rings. The number of hydrogen-bond acceptors (Lipinski definition) is 12. The minimum absolute atomic E-state index is 0.00722. The van der Waals surface area contributed by atoms with Crippen molar-refractivity contribution < 1.29 is 56.0 Å². The van der Waals surface area contributed by atoms with E-state index >= 15 is 4.39 Å². The Bertz CT molecular complexity index is 2110. The highest BCUT2D eigenvalue weighted by Gasteiger charge is 2.46. The first-order chi connectivity index (χ1) is 27.2. The van der Waals surface area contributed by atoms with E-state index in [0.717, 1.165) is 18.3 Å². The Labute approximate surface area is 344 Å². The Balaban J connectivity index is 1.50. The summed E-state index contributed by atoms with van der Waals surface area (Å²) in [6.45, 7) is 14.8. The molecule has 2 aliphatic heterocycles.